The molecule has 160 valence electrons. The van der Waals surface area contributed by atoms with Gasteiger partial charge in [-0.15, -0.1) is 5.10 Å². The number of hydrogen-bond acceptors (Lipinski definition) is 4. The first-order valence-corrected chi connectivity index (χ1v) is 10.7. The molecule has 5 rings (SSSR count). The SMILES string of the molecule is Cc1ccc(NC(=O)C2CCc3ccccc3N2C(=O)Cn2nnc3ccccc32)cc1. The van der Waals surface area contributed by atoms with E-state index in [9.17, 15) is 9.59 Å². The number of para-hydroxylation sites is 2. The fraction of sp³-hybridized carbons (Fsp3) is 0.200. The number of nitrogens with one attached hydrogen (secondary N) is 1. The normalized spacial score (nSPS) is 15.4. The number of nitrogens with zero attached hydrogens (tertiary/aromatic N) is 4. The van der Waals surface area contributed by atoms with Crippen LogP contribution in [0.1, 0.15) is 17.5 Å². The third-order valence-electron chi connectivity index (χ3n) is 5.85. The van der Waals surface area contributed by atoms with E-state index in [2.05, 4.69) is 15.6 Å². The largest absolute Gasteiger partial charge is 0.324 e. The van der Waals surface area contributed by atoms with Crippen LogP contribution >= 0.6 is 0 Å². The molecule has 2 amide bonds. The zero-order valence-electron chi connectivity index (χ0n) is 17.7. The van der Waals surface area contributed by atoms with Crippen molar-refractivity contribution in [3.05, 3.63) is 83.9 Å². The molecule has 4 aromatic rings. The molecule has 7 nitrogen and oxygen atoms in total. The molecule has 1 aliphatic rings. The minimum absolute atomic E-state index is 0.00313. The highest BCUT2D eigenvalue weighted by Gasteiger charge is 2.35. The van der Waals surface area contributed by atoms with Crippen molar-refractivity contribution in [2.24, 2.45) is 0 Å². The molecule has 1 N–H and O–H groups in total. The van der Waals surface area contributed by atoms with E-state index < -0.39 is 6.04 Å². The zero-order valence-corrected chi connectivity index (χ0v) is 17.7. The molecule has 0 spiro atoms. The van der Waals surface area contributed by atoms with Gasteiger partial charge in [-0.1, -0.05) is 53.2 Å². The highest BCUT2D eigenvalue weighted by Crippen LogP contribution is 2.31. The van der Waals surface area contributed by atoms with E-state index in [1.165, 1.54) is 0 Å². The van der Waals surface area contributed by atoms with E-state index in [1.54, 1.807) is 9.58 Å². The zero-order chi connectivity index (χ0) is 22.1. The van der Waals surface area contributed by atoms with Gasteiger partial charge in [0.2, 0.25) is 11.8 Å². The van der Waals surface area contributed by atoms with Gasteiger partial charge in [0, 0.05) is 11.4 Å². The maximum atomic E-state index is 13.5. The Labute approximate surface area is 185 Å². The van der Waals surface area contributed by atoms with Crippen molar-refractivity contribution >= 4 is 34.2 Å². The van der Waals surface area contributed by atoms with Crippen LogP contribution in [0.3, 0.4) is 0 Å². The van der Waals surface area contributed by atoms with Crippen LogP contribution in [0, 0.1) is 6.92 Å². The quantitative estimate of drug-likeness (QED) is 0.540. The van der Waals surface area contributed by atoms with Crippen molar-refractivity contribution in [2.75, 3.05) is 10.2 Å². The Morgan fingerprint density at radius 1 is 1.00 bits per heavy atom. The number of benzene rings is 3. The monoisotopic (exact) mass is 425 g/mol. The second kappa shape index (κ2) is 8.26. The van der Waals surface area contributed by atoms with Crippen LogP contribution in [0.25, 0.3) is 11.0 Å². The Kier molecular flexibility index (Phi) is 5.15. The van der Waals surface area contributed by atoms with Crippen molar-refractivity contribution in [1.29, 1.82) is 0 Å². The van der Waals surface area contributed by atoms with E-state index in [0.717, 1.165) is 34.3 Å². The Bertz CT molecular complexity index is 1300. The molecule has 1 aromatic heterocycles. The third-order valence-corrected chi connectivity index (χ3v) is 5.85. The second-order valence-electron chi connectivity index (χ2n) is 8.04. The molecule has 1 atom stereocenters. The lowest BCUT2D eigenvalue weighted by Gasteiger charge is -2.36. The van der Waals surface area contributed by atoms with E-state index in [4.69, 9.17) is 0 Å². The van der Waals surface area contributed by atoms with Crippen LogP contribution in [-0.2, 0) is 22.6 Å². The second-order valence-corrected chi connectivity index (χ2v) is 8.04. The molecule has 0 saturated heterocycles. The summed E-state index contributed by atoms with van der Waals surface area (Å²) in [5.41, 5.74) is 5.18. The molecule has 1 aliphatic heterocycles. The molecular formula is C25H23N5O2. The van der Waals surface area contributed by atoms with Gasteiger partial charge in [0.25, 0.3) is 0 Å². The maximum Gasteiger partial charge on any atom is 0.249 e. The summed E-state index contributed by atoms with van der Waals surface area (Å²) in [5.74, 6) is -0.392. The number of aromatic nitrogens is 3. The first kappa shape index (κ1) is 19.9. The van der Waals surface area contributed by atoms with Gasteiger partial charge in [0.1, 0.15) is 18.1 Å². The molecule has 1 unspecified atom stereocenters. The van der Waals surface area contributed by atoms with Crippen LogP contribution < -0.4 is 10.2 Å². The number of carbonyl (C=O) groups excluding carboxylic acids is 2. The smallest absolute Gasteiger partial charge is 0.249 e. The fourth-order valence-electron chi connectivity index (χ4n) is 4.20. The van der Waals surface area contributed by atoms with Gasteiger partial charge < -0.3 is 5.32 Å². The average molecular weight is 425 g/mol. The first-order valence-electron chi connectivity index (χ1n) is 10.7. The minimum Gasteiger partial charge on any atom is -0.324 e. The number of aryl methyl sites for hydroxylation is 2. The Hall–Kier alpha value is -4.00. The van der Waals surface area contributed by atoms with E-state index in [0.29, 0.717) is 12.1 Å². The molecular weight excluding hydrogens is 402 g/mol. The molecule has 7 heteroatoms. The van der Waals surface area contributed by atoms with Crippen LogP contribution in [-0.4, -0.2) is 32.9 Å². The van der Waals surface area contributed by atoms with Crippen molar-refractivity contribution in [2.45, 2.75) is 32.4 Å². The summed E-state index contributed by atoms with van der Waals surface area (Å²) in [6, 6.07) is 22.3. The van der Waals surface area contributed by atoms with E-state index >= 15 is 0 Å². The summed E-state index contributed by atoms with van der Waals surface area (Å²) in [5, 5.41) is 11.3. The van der Waals surface area contributed by atoms with E-state index in [-0.39, 0.29) is 18.4 Å². The van der Waals surface area contributed by atoms with Crippen molar-refractivity contribution < 1.29 is 9.59 Å². The lowest BCUT2D eigenvalue weighted by atomic mass is 9.95. The predicted octanol–water partition coefficient (Wildman–Crippen LogP) is 3.73. The third kappa shape index (κ3) is 3.73. The van der Waals surface area contributed by atoms with Gasteiger partial charge in [0.05, 0.1) is 5.52 Å². The maximum absolute atomic E-state index is 13.5. The van der Waals surface area contributed by atoms with Gasteiger partial charge >= 0.3 is 0 Å². The molecule has 0 radical (unpaired) electrons. The Balaban J connectivity index is 1.45. The van der Waals surface area contributed by atoms with E-state index in [1.807, 2.05) is 79.7 Å². The molecule has 0 fully saturated rings. The molecule has 0 bridgehead atoms. The summed E-state index contributed by atoms with van der Waals surface area (Å²) in [7, 11) is 0. The van der Waals surface area contributed by atoms with Gasteiger partial charge in [-0.05, 0) is 55.7 Å². The minimum atomic E-state index is -0.603. The lowest BCUT2D eigenvalue weighted by Crippen LogP contribution is -2.51. The Morgan fingerprint density at radius 2 is 1.75 bits per heavy atom. The number of amides is 2. The summed E-state index contributed by atoms with van der Waals surface area (Å²) >= 11 is 0. The van der Waals surface area contributed by atoms with Crippen LogP contribution in [0.4, 0.5) is 11.4 Å². The molecule has 2 heterocycles. The summed E-state index contributed by atoms with van der Waals surface area (Å²) in [4.78, 5) is 28.4. The average Bonchev–Trinajstić information content (AvgIpc) is 3.22. The summed E-state index contributed by atoms with van der Waals surface area (Å²) < 4.78 is 1.59. The highest BCUT2D eigenvalue weighted by molar-refractivity contribution is 6.06. The van der Waals surface area contributed by atoms with Crippen LogP contribution in [0.15, 0.2) is 72.8 Å². The van der Waals surface area contributed by atoms with Gasteiger partial charge in [-0.2, -0.15) is 0 Å². The van der Waals surface area contributed by atoms with Crippen LogP contribution in [0.5, 0.6) is 0 Å². The topological polar surface area (TPSA) is 80.1 Å². The van der Waals surface area contributed by atoms with Crippen LogP contribution in [0.2, 0.25) is 0 Å². The lowest BCUT2D eigenvalue weighted by molar-refractivity contribution is -0.124. The standard InChI is InChI=1S/C25H23N5O2/c1-17-10-13-19(14-11-17)26-25(32)23-15-12-18-6-2-4-8-21(18)30(23)24(31)16-29-22-9-5-3-7-20(22)27-28-29/h2-11,13-14,23H,12,15-16H2,1H3,(H,26,32). The van der Waals surface area contributed by atoms with Crippen molar-refractivity contribution in [1.82, 2.24) is 15.0 Å². The number of rotatable bonds is 4. The van der Waals surface area contributed by atoms with Crippen molar-refractivity contribution in [3.63, 3.8) is 0 Å². The summed E-state index contributed by atoms with van der Waals surface area (Å²) in [6.45, 7) is 2.00. The summed E-state index contributed by atoms with van der Waals surface area (Å²) in [6.07, 6.45) is 1.29. The highest BCUT2D eigenvalue weighted by atomic mass is 16.2. The molecule has 3 aromatic carbocycles. The number of anilines is 2. The van der Waals surface area contributed by atoms with Gasteiger partial charge in [-0.25, -0.2) is 4.68 Å². The molecule has 0 aliphatic carbocycles. The predicted molar refractivity (Wildman–Crippen MR) is 123 cm³/mol. The van der Waals surface area contributed by atoms with Gasteiger partial charge in [0.15, 0.2) is 0 Å². The van der Waals surface area contributed by atoms with Gasteiger partial charge in [-0.3, -0.25) is 14.5 Å². The first-order chi connectivity index (χ1) is 15.6. The number of fused-ring (bicyclic) bond motifs is 2. The number of hydrogen-bond donors (Lipinski definition) is 1. The molecule has 0 saturated carbocycles. The van der Waals surface area contributed by atoms with Crippen molar-refractivity contribution in [3.8, 4) is 0 Å². The Morgan fingerprint density at radius 3 is 2.59 bits per heavy atom. The fourth-order valence-corrected chi connectivity index (χ4v) is 4.20. The molecule has 32 heavy (non-hydrogen) atoms. The number of carbonyl (C=O) groups is 2.